The first-order valence-corrected chi connectivity index (χ1v) is 6.15. The van der Waals surface area contributed by atoms with E-state index in [2.05, 4.69) is 43.4 Å². The number of unbranched alkanes of at least 4 members (excludes halogenated alkanes) is 2. The predicted molar refractivity (Wildman–Crippen MR) is 68.5 cm³/mol. The van der Waals surface area contributed by atoms with Crippen molar-refractivity contribution in [2.75, 3.05) is 13.2 Å². The molecule has 0 aliphatic heterocycles. The molecule has 0 bridgehead atoms. The first-order valence-electron chi connectivity index (χ1n) is 6.15. The topological polar surface area (TPSA) is 32.3 Å². The minimum absolute atomic E-state index is 0.313. The van der Waals surface area contributed by atoms with Gasteiger partial charge < -0.3 is 10.4 Å². The molecular formula is C14H23NO. The van der Waals surface area contributed by atoms with E-state index >= 15 is 0 Å². The standard InChI is InChI=1S/C14H23NO/c1-12-6-8-14(9-7-12)13(2)15-10-4-3-5-11-16/h6-9,13,15-16H,3-5,10-11H2,1-2H3. The highest BCUT2D eigenvalue weighted by atomic mass is 16.2. The van der Waals surface area contributed by atoms with Crippen LogP contribution in [-0.4, -0.2) is 18.3 Å². The van der Waals surface area contributed by atoms with E-state index in [4.69, 9.17) is 5.11 Å². The molecule has 1 aromatic carbocycles. The van der Waals surface area contributed by atoms with Crippen molar-refractivity contribution in [3.8, 4) is 0 Å². The summed E-state index contributed by atoms with van der Waals surface area (Å²) in [6.45, 7) is 5.63. The molecular weight excluding hydrogens is 198 g/mol. The molecule has 0 spiro atoms. The zero-order chi connectivity index (χ0) is 11.8. The summed E-state index contributed by atoms with van der Waals surface area (Å²) in [4.78, 5) is 0. The fourth-order valence-corrected chi connectivity index (χ4v) is 1.71. The van der Waals surface area contributed by atoms with Crippen LogP contribution in [0.4, 0.5) is 0 Å². The minimum atomic E-state index is 0.313. The molecule has 1 rings (SSSR count). The Morgan fingerprint density at radius 1 is 1.12 bits per heavy atom. The Morgan fingerprint density at radius 2 is 1.81 bits per heavy atom. The number of rotatable bonds is 7. The van der Waals surface area contributed by atoms with E-state index in [1.54, 1.807) is 0 Å². The number of benzene rings is 1. The van der Waals surface area contributed by atoms with Crippen LogP contribution >= 0.6 is 0 Å². The Hall–Kier alpha value is -0.860. The maximum atomic E-state index is 8.66. The summed E-state index contributed by atoms with van der Waals surface area (Å²) in [6, 6.07) is 9.08. The quantitative estimate of drug-likeness (QED) is 0.694. The Kier molecular flexibility index (Phi) is 6.12. The molecule has 1 aromatic rings. The second-order valence-electron chi connectivity index (χ2n) is 4.37. The van der Waals surface area contributed by atoms with Crippen LogP contribution in [0.15, 0.2) is 24.3 Å². The molecule has 1 atom stereocenters. The second-order valence-corrected chi connectivity index (χ2v) is 4.37. The van der Waals surface area contributed by atoms with Crippen LogP contribution in [0, 0.1) is 6.92 Å². The van der Waals surface area contributed by atoms with E-state index < -0.39 is 0 Å². The zero-order valence-electron chi connectivity index (χ0n) is 10.4. The van der Waals surface area contributed by atoms with E-state index in [0.29, 0.717) is 12.6 Å². The van der Waals surface area contributed by atoms with Crippen molar-refractivity contribution in [1.82, 2.24) is 5.32 Å². The lowest BCUT2D eigenvalue weighted by Crippen LogP contribution is -2.19. The van der Waals surface area contributed by atoms with Crippen LogP contribution in [0.3, 0.4) is 0 Å². The molecule has 16 heavy (non-hydrogen) atoms. The van der Waals surface area contributed by atoms with Gasteiger partial charge in [-0.3, -0.25) is 0 Å². The van der Waals surface area contributed by atoms with Gasteiger partial charge in [0, 0.05) is 12.6 Å². The third-order valence-electron chi connectivity index (χ3n) is 2.86. The third-order valence-corrected chi connectivity index (χ3v) is 2.86. The van der Waals surface area contributed by atoms with Crippen LogP contribution in [0.1, 0.15) is 43.4 Å². The first-order chi connectivity index (χ1) is 7.74. The molecule has 2 N–H and O–H groups in total. The summed E-state index contributed by atoms with van der Waals surface area (Å²) in [7, 11) is 0. The lowest BCUT2D eigenvalue weighted by atomic mass is 10.1. The van der Waals surface area contributed by atoms with Crippen molar-refractivity contribution in [1.29, 1.82) is 0 Å². The summed E-state index contributed by atoms with van der Waals surface area (Å²) >= 11 is 0. The van der Waals surface area contributed by atoms with E-state index in [1.807, 2.05) is 0 Å². The normalized spacial score (nSPS) is 12.7. The van der Waals surface area contributed by atoms with Gasteiger partial charge in [-0.25, -0.2) is 0 Å². The smallest absolute Gasteiger partial charge is 0.0431 e. The van der Waals surface area contributed by atoms with Gasteiger partial charge in [-0.2, -0.15) is 0 Å². The lowest BCUT2D eigenvalue weighted by molar-refractivity contribution is 0.282. The zero-order valence-corrected chi connectivity index (χ0v) is 10.4. The fourth-order valence-electron chi connectivity index (χ4n) is 1.71. The van der Waals surface area contributed by atoms with Gasteiger partial charge in [0.15, 0.2) is 0 Å². The number of aliphatic hydroxyl groups excluding tert-OH is 1. The summed E-state index contributed by atoms with van der Waals surface area (Å²) < 4.78 is 0. The molecule has 0 saturated carbocycles. The molecule has 0 aromatic heterocycles. The van der Waals surface area contributed by atoms with Gasteiger partial charge in [-0.15, -0.1) is 0 Å². The average Bonchev–Trinajstić information content (AvgIpc) is 2.29. The van der Waals surface area contributed by atoms with Crippen LogP contribution < -0.4 is 5.32 Å². The van der Waals surface area contributed by atoms with Crippen molar-refractivity contribution < 1.29 is 5.11 Å². The Balaban J connectivity index is 2.24. The Bertz CT molecular complexity index is 281. The van der Waals surface area contributed by atoms with Gasteiger partial charge in [-0.1, -0.05) is 29.8 Å². The molecule has 0 aliphatic rings. The Morgan fingerprint density at radius 3 is 2.44 bits per heavy atom. The maximum Gasteiger partial charge on any atom is 0.0431 e. The van der Waals surface area contributed by atoms with Crippen molar-refractivity contribution in [3.05, 3.63) is 35.4 Å². The van der Waals surface area contributed by atoms with Crippen molar-refractivity contribution in [2.45, 2.75) is 39.2 Å². The lowest BCUT2D eigenvalue weighted by Gasteiger charge is -2.14. The molecule has 0 amide bonds. The average molecular weight is 221 g/mol. The minimum Gasteiger partial charge on any atom is -0.396 e. The van der Waals surface area contributed by atoms with Crippen LogP contribution in [0.5, 0.6) is 0 Å². The van der Waals surface area contributed by atoms with Gasteiger partial charge in [0.25, 0.3) is 0 Å². The molecule has 0 aliphatic carbocycles. The molecule has 90 valence electrons. The fraction of sp³-hybridized carbons (Fsp3) is 0.571. The van der Waals surface area contributed by atoms with Crippen molar-refractivity contribution in [3.63, 3.8) is 0 Å². The largest absolute Gasteiger partial charge is 0.396 e. The van der Waals surface area contributed by atoms with E-state index in [1.165, 1.54) is 11.1 Å². The number of hydrogen-bond acceptors (Lipinski definition) is 2. The highest BCUT2D eigenvalue weighted by Crippen LogP contribution is 2.12. The van der Waals surface area contributed by atoms with Gasteiger partial charge in [0.1, 0.15) is 0 Å². The molecule has 2 nitrogen and oxygen atoms in total. The summed E-state index contributed by atoms with van der Waals surface area (Å²) in [5.74, 6) is 0. The molecule has 0 saturated heterocycles. The van der Waals surface area contributed by atoms with Crippen LogP contribution in [-0.2, 0) is 0 Å². The van der Waals surface area contributed by atoms with E-state index in [-0.39, 0.29) is 0 Å². The summed E-state index contributed by atoms with van der Waals surface area (Å²) in [5.41, 5.74) is 2.65. The Labute approximate surface area is 98.7 Å². The van der Waals surface area contributed by atoms with Crippen LogP contribution in [0.2, 0.25) is 0 Å². The number of hydrogen-bond donors (Lipinski definition) is 2. The summed E-state index contributed by atoms with van der Waals surface area (Å²) in [5, 5.41) is 12.2. The van der Waals surface area contributed by atoms with Gasteiger partial charge in [0.05, 0.1) is 0 Å². The van der Waals surface area contributed by atoms with Gasteiger partial charge in [0.2, 0.25) is 0 Å². The second kappa shape index (κ2) is 7.42. The highest BCUT2D eigenvalue weighted by molar-refractivity contribution is 5.23. The molecule has 0 heterocycles. The van der Waals surface area contributed by atoms with Crippen LogP contribution in [0.25, 0.3) is 0 Å². The van der Waals surface area contributed by atoms with Gasteiger partial charge in [-0.05, 0) is 45.2 Å². The number of aryl methyl sites for hydroxylation is 1. The monoisotopic (exact) mass is 221 g/mol. The SMILES string of the molecule is Cc1ccc(C(C)NCCCCCO)cc1. The van der Waals surface area contributed by atoms with Crippen molar-refractivity contribution in [2.24, 2.45) is 0 Å². The molecule has 2 heteroatoms. The predicted octanol–water partition coefficient (Wildman–Crippen LogP) is 2.81. The summed E-state index contributed by atoms with van der Waals surface area (Å²) in [6.07, 6.45) is 3.15. The van der Waals surface area contributed by atoms with E-state index in [9.17, 15) is 0 Å². The number of aliphatic hydroxyl groups is 1. The first kappa shape index (κ1) is 13.2. The van der Waals surface area contributed by atoms with E-state index in [0.717, 1.165) is 25.8 Å². The number of nitrogens with one attached hydrogen (secondary N) is 1. The third kappa shape index (κ3) is 4.77. The molecule has 0 radical (unpaired) electrons. The van der Waals surface area contributed by atoms with Crippen molar-refractivity contribution >= 4 is 0 Å². The molecule has 1 unspecified atom stereocenters. The highest BCUT2D eigenvalue weighted by Gasteiger charge is 2.02. The maximum absolute atomic E-state index is 8.66. The molecule has 0 fully saturated rings. The van der Waals surface area contributed by atoms with Gasteiger partial charge >= 0.3 is 0 Å².